The molecule has 8 heteroatoms. The van der Waals surface area contributed by atoms with Crippen molar-refractivity contribution in [2.75, 3.05) is 11.9 Å². The number of carbonyl (C=O) groups excluding carboxylic acids is 2. The summed E-state index contributed by atoms with van der Waals surface area (Å²) in [5, 5.41) is 13.3. The number of rotatable bonds is 8. The SMILES string of the molecule is CC(C)OC[C@H]1C[C@@H](CCC(=O)Nc2ccc([N+](=O)[O-])cc2)C(=O)O1. The van der Waals surface area contributed by atoms with E-state index in [9.17, 15) is 19.7 Å². The summed E-state index contributed by atoms with van der Waals surface area (Å²) in [4.78, 5) is 33.9. The molecule has 1 heterocycles. The summed E-state index contributed by atoms with van der Waals surface area (Å²) >= 11 is 0. The van der Waals surface area contributed by atoms with E-state index in [0.29, 0.717) is 25.1 Å². The second-order valence-electron chi connectivity index (χ2n) is 6.26. The maximum Gasteiger partial charge on any atom is 0.309 e. The smallest absolute Gasteiger partial charge is 0.309 e. The first-order chi connectivity index (χ1) is 11.8. The highest BCUT2D eigenvalue weighted by atomic mass is 16.6. The van der Waals surface area contributed by atoms with Gasteiger partial charge in [-0.15, -0.1) is 0 Å². The molecule has 0 aliphatic carbocycles. The molecule has 1 aromatic carbocycles. The highest BCUT2D eigenvalue weighted by Crippen LogP contribution is 2.26. The van der Waals surface area contributed by atoms with Crippen LogP contribution in [0.15, 0.2) is 24.3 Å². The number of nitro groups is 1. The van der Waals surface area contributed by atoms with Gasteiger partial charge in [-0.2, -0.15) is 0 Å². The topological polar surface area (TPSA) is 108 Å². The number of hydrogen-bond donors (Lipinski definition) is 1. The molecular weight excluding hydrogens is 328 g/mol. The van der Waals surface area contributed by atoms with Gasteiger partial charge in [0.15, 0.2) is 0 Å². The van der Waals surface area contributed by atoms with Crippen LogP contribution in [0.2, 0.25) is 0 Å². The second-order valence-corrected chi connectivity index (χ2v) is 6.26. The van der Waals surface area contributed by atoms with E-state index in [1.54, 1.807) is 0 Å². The van der Waals surface area contributed by atoms with Gasteiger partial charge in [-0.1, -0.05) is 0 Å². The number of ether oxygens (including phenoxy) is 2. The first-order valence-corrected chi connectivity index (χ1v) is 8.21. The number of nitro benzene ring substituents is 1. The van der Waals surface area contributed by atoms with Crippen molar-refractivity contribution in [2.24, 2.45) is 5.92 Å². The van der Waals surface area contributed by atoms with Crippen LogP contribution in [-0.2, 0) is 19.1 Å². The summed E-state index contributed by atoms with van der Waals surface area (Å²) in [5.41, 5.74) is 0.439. The van der Waals surface area contributed by atoms with Gasteiger partial charge < -0.3 is 14.8 Å². The summed E-state index contributed by atoms with van der Waals surface area (Å²) in [5.74, 6) is -0.840. The molecule has 0 bridgehead atoms. The average molecular weight is 350 g/mol. The Kier molecular flexibility index (Phi) is 6.46. The molecule has 1 amide bonds. The summed E-state index contributed by atoms with van der Waals surface area (Å²) in [7, 11) is 0. The number of benzene rings is 1. The molecule has 0 saturated carbocycles. The van der Waals surface area contributed by atoms with E-state index in [1.165, 1.54) is 24.3 Å². The van der Waals surface area contributed by atoms with Gasteiger partial charge in [-0.25, -0.2) is 0 Å². The van der Waals surface area contributed by atoms with E-state index in [-0.39, 0.29) is 42.1 Å². The van der Waals surface area contributed by atoms with Gasteiger partial charge in [-0.05, 0) is 38.8 Å². The average Bonchev–Trinajstić information content (AvgIpc) is 2.91. The Hall–Kier alpha value is -2.48. The molecular formula is C17H22N2O6. The molecule has 1 aliphatic heterocycles. The molecule has 8 nitrogen and oxygen atoms in total. The third-order valence-corrected chi connectivity index (χ3v) is 3.86. The first kappa shape index (κ1) is 18.9. The molecule has 0 unspecified atom stereocenters. The molecule has 0 spiro atoms. The highest BCUT2D eigenvalue weighted by molar-refractivity contribution is 5.91. The van der Waals surface area contributed by atoms with Crippen molar-refractivity contribution in [2.45, 2.75) is 45.3 Å². The lowest BCUT2D eigenvalue weighted by atomic mass is 9.99. The van der Waals surface area contributed by atoms with Gasteiger partial charge in [0.25, 0.3) is 5.69 Å². The summed E-state index contributed by atoms with van der Waals surface area (Å²) in [6, 6.07) is 5.59. The number of hydrogen-bond acceptors (Lipinski definition) is 6. The van der Waals surface area contributed by atoms with E-state index >= 15 is 0 Å². The van der Waals surface area contributed by atoms with E-state index < -0.39 is 4.92 Å². The van der Waals surface area contributed by atoms with Crippen LogP contribution in [-0.4, -0.2) is 35.6 Å². The summed E-state index contributed by atoms with van der Waals surface area (Å²) < 4.78 is 10.7. The molecule has 1 N–H and O–H groups in total. The maximum absolute atomic E-state index is 12.0. The zero-order valence-electron chi connectivity index (χ0n) is 14.3. The standard InChI is InChI=1S/C17H22N2O6/c1-11(2)24-10-15-9-12(17(21)25-15)3-8-16(20)18-13-4-6-14(7-5-13)19(22)23/h4-7,11-12,15H,3,8-10H2,1-2H3,(H,18,20)/t12-,15-/m1/s1. The van der Waals surface area contributed by atoms with Gasteiger partial charge in [0.1, 0.15) is 6.10 Å². The number of non-ortho nitro benzene ring substituents is 1. The third kappa shape index (κ3) is 5.82. The molecule has 1 aromatic rings. The van der Waals surface area contributed by atoms with Crippen molar-refractivity contribution in [3.05, 3.63) is 34.4 Å². The normalized spacial score (nSPS) is 19.7. The van der Waals surface area contributed by atoms with E-state index in [2.05, 4.69) is 5.32 Å². The van der Waals surface area contributed by atoms with Gasteiger partial charge in [0, 0.05) is 24.2 Å². The lowest BCUT2D eigenvalue weighted by Crippen LogP contribution is -2.18. The van der Waals surface area contributed by atoms with Crippen molar-refractivity contribution in [1.29, 1.82) is 0 Å². The van der Waals surface area contributed by atoms with Crippen molar-refractivity contribution in [3.8, 4) is 0 Å². The molecule has 1 aliphatic rings. The van der Waals surface area contributed by atoms with Crippen LogP contribution < -0.4 is 5.32 Å². The van der Waals surface area contributed by atoms with Crippen LogP contribution in [0.3, 0.4) is 0 Å². The van der Waals surface area contributed by atoms with E-state index in [1.807, 2.05) is 13.8 Å². The molecule has 2 rings (SSSR count). The Morgan fingerprint density at radius 3 is 2.68 bits per heavy atom. The Balaban J connectivity index is 1.76. The monoisotopic (exact) mass is 350 g/mol. The number of nitrogens with one attached hydrogen (secondary N) is 1. The van der Waals surface area contributed by atoms with Crippen LogP contribution in [0.1, 0.15) is 33.1 Å². The Morgan fingerprint density at radius 2 is 2.08 bits per heavy atom. The Labute approximate surface area is 145 Å². The number of amides is 1. The lowest BCUT2D eigenvalue weighted by Gasteiger charge is -2.12. The minimum absolute atomic E-state index is 0.0404. The molecule has 136 valence electrons. The summed E-state index contributed by atoms with van der Waals surface area (Å²) in [6.45, 7) is 4.20. The molecule has 0 radical (unpaired) electrons. The number of anilines is 1. The second kappa shape index (κ2) is 8.57. The van der Waals surface area contributed by atoms with Crippen LogP contribution >= 0.6 is 0 Å². The van der Waals surface area contributed by atoms with Gasteiger partial charge >= 0.3 is 5.97 Å². The van der Waals surface area contributed by atoms with Crippen LogP contribution in [0.5, 0.6) is 0 Å². The fraction of sp³-hybridized carbons (Fsp3) is 0.529. The van der Waals surface area contributed by atoms with Crippen molar-refractivity contribution >= 4 is 23.3 Å². The maximum atomic E-state index is 12.0. The predicted octanol–water partition coefficient (Wildman–Crippen LogP) is 2.67. The van der Waals surface area contributed by atoms with E-state index in [0.717, 1.165) is 0 Å². The van der Waals surface area contributed by atoms with Crippen molar-refractivity contribution in [3.63, 3.8) is 0 Å². The minimum Gasteiger partial charge on any atom is -0.460 e. The highest BCUT2D eigenvalue weighted by Gasteiger charge is 2.34. The predicted molar refractivity (Wildman–Crippen MR) is 90.0 cm³/mol. The van der Waals surface area contributed by atoms with Crippen LogP contribution in [0.4, 0.5) is 11.4 Å². The fourth-order valence-electron chi connectivity index (χ4n) is 2.55. The zero-order valence-corrected chi connectivity index (χ0v) is 14.3. The van der Waals surface area contributed by atoms with Crippen LogP contribution in [0.25, 0.3) is 0 Å². The molecule has 1 fully saturated rings. The third-order valence-electron chi connectivity index (χ3n) is 3.86. The number of carbonyl (C=O) groups is 2. The molecule has 1 saturated heterocycles. The largest absolute Gasteiger partial charge is 0.460 e. The lowest BCUT2D eigenvalue weighted by molar-refractivity contribution is -0.384. The number of nitrogens with zero attached hydrogens (tertiary/aromatic N) is 1. The fourth-order valence-corrected chi connectivity index (χ4v) is 2.55. The zero-order chi connectivity index (χ0) is 18.4. The molecule has 25 heavy (non-hydrogen) atoms. The van der Waals surface area contributed by atoms with Gasteiger partial charge in [-0.3, -0.25) is 19.7 Å². The number of cyclic esters (lactones) is 1. The van der Waals surface area contributed by atoms with Gasteiger partial charge in [0.05, 0.1) is 23.6 Å². The van der Waals surface area contributed by atoms with Crippen molar-refractivity contribution in [1.82, 2.24) is 0 Å². The minimum atomic E-state index is -0.503. The van der Waals surface area contributed by atoms with E-state index in [4.69, 9.17) is 9.47 Å². The van der Waals surface area contributed by atoms with Crippen molar-refractivity contribution < 1.29 is 24.0 Å². The Morgan fingerprint density at radius 1 is 1.40 bits per heavy atom. The summed E-state index contributed by atoms with van der Waals surface area (Å²) in [6.07, 6.45) is 0.948. The number of esters is 1. The van der Waals surface area contributed by atoms with Crippen LogP contribution in [0, 0.1) is 16.0 Å². The molecule has 2 atom stereocenters. The quantitative estimate of drug-likeness (QED) is 0.439. The first-order valence-electron chi connectivity index (χ1n) is 8.21. The van der Waals surface area contributed by atoms with Gasteiger partial charge in [0.2, 0.25) is 5.91 Å². The molecule has 0 aromatic heterocycles. The Bertz CT molecular complexity index is 629.